The van der Waals surface area contributed by atoms with Crippen LogP contribution in [0, 0.1) is 0 Å². The van der Waals surface area contributed by atoms with Gasteiger partial charge in [0.2, 0.25) is 0 Å². The summed E-state index contributed by atoms with van der Waals surface area (Å²) >= 11 is 0. The summed E-state index contributed by atoms with van der Waals surface area (Å²) in [6.45, 7) is 9.92. The summed E-state index contributed by atoms with van der Waals surface area (Å²) in [5.74, 6) is -0.0271. The van der Waals surface area contributed by atoms with Gasteiger partial charge in [-0.2, -0.15) is 0 Å². The summed E-state index contributed by atoms with van der Waals surface area (Å²) in [4.78, 5) is 13.8. The third-order valence-corrected chi connectivity index (χ3v) is 3.55. The van der Waals surface area contributed by atoms with Gasteiger partial charge in [0.15, 0.2) is 0 Å². The van der Waals surface area contributed by atoms with Crippen LogP contribution in [0.15, 0.2) is 0 Å². The fourth-order valence-corrected chi connectivity index (χ4v) is 2.13. The lowest BCUT2D eigenvalue weighted by Gasteiger charge is -2.17. The minimum atomic E-state index is -0.0271. The van der Waals surface area contributed by atoms with Gasteiger partial charge in [-0.15, -0.1) is 0 Å². The lowest BCUT2D eigenvalue weighted by Crippen LogP contribution is -2.27. The number of hydrogen-bond acceptors (Lipinski definition) is 3. The third kappa shape index (κ3) is 12.2. The molecule has 0 bridgehead atoms. The van der Waals surface area contributed by atoms with Gasteiger partial charge in [0.05, 0.1) is 0 Å². The maximum absolute atomic E-state index is 11.5. The number of ether oxygens (including phenoxy) is 1. The van der Waals surface area contributed by atoms with Gasteiger partial charge in [0.1, 0.15) is 6.61 Å². The van der Waals surface area contributed by atoms with E-state index in [2.05, 4.69) is 25.7 Å². The molecule has 0 amide bonds. The molecule has 0 saturated carbocycles. The molecule has 0 unspecified atom stereocenters. The molecule has 3 nitrogen and oxygen atoms in total. The minimum absolute atomic E-state index is 0.0271. The van der Waals surface area contributed by atoms with E-state index >= 15 is 0 Å². The normalized spacial score (nSPS) is 10.9. The van der Waals surface area contributed by atoms with E-state index in [4.69, 9.17) is 4.74 Å². The fourth-order valence-electron chi connectivity index (χ4n) is 2.13. The first-order valence-electron chi connectivity index (χ1n) is 8.12. The predicted octanol–water partition coefficient (Wildman–Crippen LogP) is 4.01. The zero-order chi connectivity index (χ0) is 14.3. The molecule has 0 spiro atoms. The molecule has 0 aliphatic carbocycles. The van der Waals surface area contributed by atoms with Crippen LogP contribution >= 0.6 is 0 Å². The molecule has 0 heterocycles. The van der Waals surface area contributed by atoms with Crippen LogP contribution in [0.1, 0.15) is 72.1 Å². The monoisotopic (exact) mass is 271 g/mol. The van der Waals surface area contributed by atoms with Crippen LogP contribution in [0.5, 0.6) is 0 Å². The van der Waals surface area contributed by atoms with Gasteiger partial charge in [-0.05, 0) is 19.5 Å². The van der Waals surface area contributed by atoms with Crippen molar-refractivity contribution < 1.29 is 9.53 Å². The van der Waals surface area contributed by atoms with E-state index in [0.717, 1.165) is 32.5 Å². The van der Waals surface area contributed by atoms with Gasteiger partial charge >= 0.3 is 5.97 Å². The van der Waals surface area contributed by atoms with Gasteiger partial charge in [0.25, 0.3) is 0 Å². The van der Waals surface area contributed by atoms with Crippen LogP contribution in [-0.4, -0.2) is 37.1 Å². The highest BCUT2D eigenvalue weighted by molar-refractivity contribution is 5.69. The second kappa shape index (κ2) is 13.9. The summed E-state index contributed by atoms with van der Waals surface area (Å²) in [6, 6.07) is 0. The summed E-state index contributed by atoms with van der Waals surface area (Å²) < 4.78 is 5.24. The topological polar surface area (TPSA) is 29.5 Å². The summed E-state index contributed by atoms with van der Waals surface area (Å²) in [7, 11) is 0. The summed E-state index contributed by atoms with van der Waals surface area (Å²) in [5, 5.41) is 0. The summed E-state index contributed by atoms with van der Waals surface area (Å²) in [6.07, 6.45) is 9.27. The fraction of sp³-hybridized carbons (Fsp3) is 0.938. The standard InChI is InChI=1S/C16H33NO2/c1-4-7-8-9-10-11-12-13-16(18)19-15-14-17(5-2)6-3/h4-15H2,1-3H3. The molecule has 0 rings (SSSR count). The molecule has 0 N–H and O–H groups in total. The Hall–Kier alpha value is -0.570. The highest BCUT2D eigenvalue weighted by atomic mass is 16.5. The molecule has 114 valence electrons. The number of hydrogen-bond donors (Lipinski definition) is 0. The average Bonchev–Trinajstić information content (AvgIpc) is 2.42. The Morgan fingerprint density at radius 3 is 2.05 bits per heavy atom. The first kappa shape index (κ1) is 18.4. The van der Waals surface area contributed by atoms with Crippen molar-refractivity contribution in [2.24, 2.45) is 0 Å². The second-order valence-electron chi connectivity index (χ2n) is 5.12. The first-order valence-corrected chi connectivity index (χ1v) is 8.12. The smallest absolute Gasteiger partial charge is 0.305 e. The molecule has 19 heavy (non-hydrogen) atoms. The average molecular weight is 271 g/mol. The largest absolute Gasteiger partial charge is 0.464 e. The second-order valence-corrected chi connectivity index (χ2v) is 5.12. The number of likely N-dealkylation sites (N-methyl/N-ethyl adjacent to an activating group) is 1. The van der Waals surface area contributed by atoms with Crippen LogP contribution in [0.4, 0.5) is 0 Å². The molecule has 0 saturated heterocycles. The first-order chi connectivity index (χ1) is 9.24. The van der Waals surface area contributed by atoms with Crippen molar-refractivity contribution in [3.05, 3.63) is 0 Å². The number of nitrogens with zero attached hydrogens (tertiary/aromatic N) is 1. The quantitative estimate of drug-likeness (QED) is 0.374. The van der Waals surface area contributed by atoms with Gasteiger partial charge in [-0.3, -0.25) is 4.79 Å². The number of esters is 1. The van der Waals surface area contributed by atoms with Crippen molar-refractivity contribution in [3.8, 4) is 0 Å². The number of carbonyl (C=O) groups is 1. The van der Waals surface area contributed by atoms with Crippen LogP contribution in [0.25, 0.3) is 0 Å². The number of unbranched alkanes of at least 4 members (excludes halogenated alkanes) is 6. The van der Waals surface area contributed by atoms with Gasteiger partial charge in [-0.25, -0.2) is 0 Å². The van der Waals surface area contributed by atoms with Crippen molar-refractivity contribution in [3.63, 3.8) is 0 Å². The zero-order valence-electron chi connectivity index (χ0n) is 13.2. The van der Waals surface area contributed by atoms with Gasteiger partial charge < -0.3 is 9.64 Å². The Morgan fingerprint density at radius 2 is 1.47 bits per heavy atom. The Morgan fingerprint density at radius 1 is 0.895 bits per heavy atom. The van der Waals surface area contributed by atoms with E-state index in [0.29, 0.717) is 13.0 Å². The molecule has 0 aromatic carbocycles. The molecular weight excluding hydrogens is 238 g/mol. The Kier molecular flexibility index (Phi) is 13.4. The molecule has 0 aliphatic heterocycles. The predicted molar refractivity (Wildman–Crippen MR) is 81.4 cm³/mol. The van der Waals surface area contributed by atoms with Gasteiger partial charge in [-0.1, -0.05) is 59.3 Å². The highest BCUT2D eigenvalue weighted by Crippen LogP contribution is 2.08. The molecule has 0 atom stereocenters. The Labute approximate surface area is 119 Å². The summed E-state index contributed by atoms with van der Waals surface area (Å²) in [5.41, 5.74) is 0. The van der Waals surface area contributed by atoms with E-state index in [1.54, 1.807) is 0 Å². The van der Waals surface area contributed by atoms with Crippen molar-refractivity contribution in [2.45, 2.75) is 72.1 Å². The highest BCUT2D eigenvalue weighted by Gasteiger charge is 2.04. The van der Waals surface area contributed by atoms with Crippen LogP contribution < -0.4 is 0 Å². The van der Waals surface area contributed by atoms with Crippen LogP contribution in [-0.2, 0) is 9.53 Å². The van der Waals surface area contributed by atoms with Crippen molar-refractivity contribution in [2.75, 3.05) is 26.2 Å². The zero-order valence-corrected chi connectivity index (χ0v) is 13.2. The molecule has 0 aromatic heterocycles. The lowest BCUT2D eigenvalue weighted by molar-refractivity contribution is -0.144. The van der Waals surface area contributed by atoms with Crippen molar-refractivity contribution in [1.82, 2.24) is 4.90 Å². The maximum Gasteiger partial charge on any atom is 0.305 e. The van der Waals surface area contributed by atoms with Crippen LogP contribution in [0.2, 0.25) is 0 Å². The van der Waals surface area contributed by atoms with E-state index < -0.39 is 0 Å². The molecule has 0 aromatic rings. The van der Waals surface area contributed by atoms with Crippen LogP contribution in [0.3, 0.4) is 0 Å². The van der Waals surface area contributed by atoms with E-state index in [9.17, 15) is 4.79 Å². The van der Waals surface area contributed by atoms with Gasteiger partial charge in [0, 0.05) is 13.0 Å². The molecule has 0 radical (unpaired) electrons. The Balaban J connectivity index is 3.30. The SMILES string of the molecule is CCCCCCCCCC(=O)OCCN(CC)CC. The molecule has 0 fully saturated rings. The lowest BCUT2D eigenvalue weighted by atomic mass is 10.1. The minimum Gasteiger partial charge on any atom is -0.464 e. The third-order valence-electron chi connectivity index (χ3n) is 3.55. The van der Waals surface area contributed by atoms with E-state index in [1.807, 2.05) is 0 Å². The Bertz CT molecular complexity index is 203. The molecule has 3 heteroatoms. The van der Waals surface area contributed by atoms with Crippen molar-refractivity contribution >= 4 is 5.97 Å². The molecular formula is C16H33NO2. The maximum atomic E-state index is 11.5. The van der Waals surface area contributed by atoms with E-state index in [1.165, 1.54) is 32.1 Å². The van der Waals surface area contributed by atoms with Crippen molar-refractivity contribution in [1.29, 1.82) is 0 Å². The van der Waals surface area contributed by atoms with E-state index in [-0.39, 0.29) is 5.97 Å². The molecule has 0 aliphatic rings. The number of carbonyl (C=O) groups excluding carboxylic acids is 1. The number of rotatable bonds is 13.